The number of aromatic nitrogens is 2. The minimum Gasteiger partial charge on any atom is -0.496 e. The van der Waals surface area contributed by atoms with Crippen LogP contribution < -0.4 is 4.74 Å². The van der Waals surface area contributed by atoms with Crippen LogP contribution in [0.1, 0.15) is 25.3 Å². The first-order valence-electron chi connectivity index (χ1n) is 7.04. The Morgan fingerprint density at radius 1 is 1.30 bits per heavy atom. The summed E-state index contributed by atoms with van der Waals surface area (Å²) in [4.78, 5) is 10.5. The average molecular weight is 372 g/mol. The molecule has 124 valence electrons. The highest BCUT2D eigenvalue weighted by Crippen LogP contribution is 2.34. The van der Waals surface area contributed by atoms with Crippen molar-refractivity contribution in [1.29, 1.82) is 0 Å². The molecule has 1 aromatic carbocycles. The van der Waals surface area contributed by atoms with E-state index in [1.165, 1.54) is 24.2 Å². The summed E-state index contributed by atoms with van der Waals surface area (Å²) in [5.41, 5.74) is 0.844. The Bertz CT molecular complexity index is 664. The fourth-order valence-electron chi connectivity index (χ4n) is 1.75. The van der Waals surface area contributed by atoms with Crippen LogP contribution in [0.3, 0.4) is 0 Å². The van der Waals surface area contributed by atoms with Gasteiger partial charge in [0.2, 0.25) is 0 Å². The molecule has 6 nitrogen and oxygen atoms in total. The zero-order valence-electron chi connectivity index (χ0n) is 12.9. The van der Waals surface area contributed by atoms with Crippen molar-refractivity contribution in [2.75, 3.05) is 12.9 Å². The lowest BCUT2D eigenvalue weighted by Gasteiger charge is -2.06. The lowest BCUT2D eigenvalue weighted by atomic mass is 10.2. The van der Waals surface area contributed by atoms with Gasteiger partial charge in [-0.2, -0.15) is 0 Å². The second-order valence-corrected chi connectivity index (χ2v) is 8.12. The van der Waals surface area contributed by atoms with Crippen molar-refractivity contribution >= 4 is 40.5 Å². The van der Waals surface area contributed by atoms with Gasteiger partial charge in [-0.1, -0.05) is 48.2 Å². The van der Waals surface area contributed by atoms with E-state index >= 15 is 0 Å². The van der Waals surface area contributed by atoms with E-state index in [2.05, 4.69) is 17.1 Å². The summed E-state index contributed by atoms with van der Waals surface area (Å²) in [6, 6.07) is 4.62. The fraction of sp³-hybridized carbons (Fsp3) is 0.429. The molecule has 23 heavy (non-hydrogen) atoms. The Hall–Kier alpha value is -1.32. The summed E-state index contributed by atoms with van der Waals surface area (Å²) in [6.07, 6.45) is 2.33. The highest BCUT2D eigenvalue weighted by Gasteiger charge is 2.13. The quantitative estimate of drug-likeness (QED) is 0.275. The van der Waals surface area contributed by atoms with Gasteiger partial charge in [0, 0.05) is 29.2 Å². The first-order chi connectivity index (χ1) is 11.1. The summed E-state index contributed by atoms with van der Waals surface area (Å²) < 4.78 is 7.09. The van der Waals surface area contributed by atoms with Crippen molar-refractivity contribution in [3.8, 4) is 5.75 Å². The van der Waals surface area contributed by atoms with E-state index in [1.807, 2.05) is 0 Å². The SMILES string of the molecule is CCCCSc1nnc(SCc2cc([N+](=O)[O-])ccc2OC)s1. The molecule has 2 aromatic rings. The van der Waals surface area contributed by atoms with E-state index in [-0.39, 0.29) is 5.69 Å². The van der Waals surface area contributed by atoms with Crippen molar-refractivity contribution in [2.45, 2.75) is 34.2 Å². The third-order valence-corrected chi connectivity index (χ3v) is 6.26. The van der Waals surface area contributed by atoms with Crippen LogP contribution in [-0.4, -0.2) is 28.0 Å². The number of ether oxygens (including phenoxy) is 1. The van der Waals surface area contributed by atoms with E-state index < -0.39 is 4.92 Å². The third kappa shape index (κ3) is 5.36. The van der Waals surface area contributed by atoms with Crippen LogP contribution in [0.15, 0.2) is 26.9 Å². The molecule has 0 amide bonds. The average Bonchev–Trinajstić information content (AvgIpc) is 3.00. The normalized spacial score (nSPS) is 10.7. The van der Waals surface area contributed by atoms with Gasteiger partial charge in [0.15, 0.2) is 8.68 Å². The highest BCUT2D eigenvalue weighted by molar-refractivity contribution is 8.02. The summed E-state index contributed by atoms with van der Waals surface area (Å²) in [5.74, 6) is 2.25. The number of nitro benzene ring substituents is 1. The van der Waals surface area contributed by atoms with Crippen molar-refractivity contribution < 1.29 is 9.66 Å². The summed E-state index contributed by atoms with van der Waals surface area (Å²) in [7, 11) is 1.56. The van der Waals surface area contributed by atoms with E-state index in [1.54, 1.807) is 42.3 Å². The van der Waals surface area contributed by atoms with Crippen LogP contribution in [0.2, 0.25) is 0 Å². The van der Waals surface area contributed by atoms with E-state index in [0.717, 1.165) is 26.4 Å². The van der Waals surface area contributed by atoms with E-state index in [4.69, 9.17) is 4.74 Å². The molecule has 1 aromatic heterocycles. The molecule has 0 saturated carbocycles. The lowest BCUT2D eigenvalue weighted by molar-refractivity contribution is -0.384. The summed E-state index contributed by atoms with van der Waals surface area (Å²) in [5, 5.41) is 19.2. The standard InChI is InChI=1S/C14H17N3O3S3/c1-3-4-7-21-13-15-16-14(23-13)22-9-10-8-11(17(18)19)5-6-12(10)20-2/h5-6,8H,3-4,7,9H2,1-2H3. The number of unbranched alkanes of at least 4 members (excludes halogenated alkanes) is 1. The summed E-state index contributed by atoms with van der Waals surface area (Å²) >= 11 is 4.79. The molecule has 0 radical (unpaired) electrons. The lowest BCUT2D eigenvalue weighted by Crippen LogP contribution is -1.94. The van der Waals surface area contributed by atoms with Crippen LogP contribution in [0, 0.1) is 10.1 Å². The number of nitro groups is 1. The van der Waals surface area contributed by atoms with Gasteiger partial charge in [-0.25, -0.2) is 0 Å². The zero-order chi connectivity index (χ0) is 16.7. The predicted molar refractivity (Wildman–Crippen MR) is 94.8 cm³/mol. The third-order valence-electron chi connectivity index (χ3n) is 2.94. The number of thioether (sulfide) groups is 2. The van der Waals surface area contributed by atoms with Crippen LogP contribution in [0.4, 0.5) is 5.69 Å². The molecular weight excluding hydrogens is 354 g/mol. The molecule has 0 spiro atoms. The van der Waals surface area contributed by atoms with Crippen LogP contribution in [-0.2, 0) is 5.75 Å². The zero-order valence-corrected chi connectivity index (χ0v) is 15.3. The number of nitrogens with zero attached hydrogens (tertiary/aromatic N) is 3. The molecule has 0 aliphatic rings. The maximum atomic E-state index is 10.9. The molecule has 0 aliphatic carbocycles. The van der Waals surface area contributed by atoms with Crippen molar-refractivity contribution in [2.24, 2.45) is 0 Å². The van der Waals surface area contributed by atoms with Gasteiger partial charge in [0.05, 0.1) is 12.0 Å². The molecule has 0 fully saturated rings. The minimum absolute atomic E-state index is 0.0643. The number of methoxy groups -OCH3 is 1. The fourth-order valence-corrected chi connectivity index (χ4v) is 4.90. The number of rotatable bonds is 9. The predicted octanol–water partition coefficient (Wildman–Crippen LogP) is 4.64. The largest absolute Gasteiger partial charge is 0.496 e. The van der Waals surface area contributed by atoms with E-state index in [0.29, 0.717) is 11.5 Å². The Labute approximate surface area is 147 Å². The Morgan fingerprint density at radius 2 is 2.04 bits per heavy atom. The van der Waals surface area contributed by atoms with Crippen LogP contribution in [0.5, 0.6) is 5.75 Å². The Balaban J connectivity index is 2.00. The Morgan fingerprint density at radius 3 is 2.70 bits per heavy atom. The number of benzene rings is 1. The first kappa shape index (κ1) is 18.0. The molecule has 0 aliphatic heterocycles. The first-order valence-corrected chi connectivity index (χ1v) is 9.83. The summed E-state index contributed by atoms with van der Waals surface area (Å²) in [6.45, 7) is 2.16. The molecule has 2 rings (SSSR count). The highest BCUT2D eigenvalue weighted by atomic mass is 32.2. The van der Waals surface area contributed by atoms with E-state index in [9.17, 15) is 10.1 Å². The van der Waals surface area contributed by atoms with Gasteiger partial charge < -0.3 is 4.74 Å². The molecular formula is C14H17N3O3S3. The molecule has 0 N–H and O–H groups in total. The monoisotopic (exact) mass is 371 g/mol. The van der Waals surface area contributed by atoms with Gasteiger partial charge in [-0.05, 0) is 12.5 Å². The molecule has 0 bridgehead atoms. The second kappa shape index (κ2) is 9.09. The van der Waals surface area contributed by atoms with Gasteiger partial charge in [-0.15, -0.1) is 10.2 Å². The number of hydrogen-bond acceptors (Lipinski definition) is 8. The van der Waals surface area contributed by atoms with Gasteiger partial charge in [0.25, 0.3) is 5.69 Å². The molecule has 1 heterocycles. The Kier molecular flexibility index (Phi) is 7.13. The molecule has 9 heteroatoms. The van der Waals surface area contributed by atoms with Gasteiger partial charge in [0.1, 0.15) is 5.75 Å². The van der Waals surface area contributed by atoms with Crippen LogP contribution in [0.25, 0.3) is 0 Å². The number of hydrogen-bond donors (Lipinski definition) is 0. The molecule has 0 atom stereocenters. The molecule has 0 unspecified atom stereocenters. The maximum Gasteiger partial charge on any atom is 0.270 e. The molecule has 0 saturated heterocycles. The van der Waals surface area contributed by atoms with Crippen LogP contribution >= 0.6 is 34.9 Å². The maximum absolute atomic E-state index is 10.9. The minimum atomic E-state index is -0.402. The second-order valence-electron chi connectivity index (χ2n) is 4.58. The smallest absolute Gasteiger partial charge is 0.270 e. The van der Waals surface area contributed by atoms with Crippen molar-refractivity contribution in [3.05, 3.63) is 33.9 Å². The number of non-ortho nitro benzene ring substituents is 1. The topological polar surface area (TPSA) is 78.2 Å². The van der Waals surface area contributed by atoms with Crippen molar-refractivity contribution in [3.63, 3.8) is 0 Å². The van der Waals surface area contributed by atoms with Gasteiger partial charge >= 0.3 is 0 Å². The van der Waals surface area contributed by atoms with Crippen molar-refractivity contribution in [1.82, 2.24) is 10.2 Å². The van der Waals surface area contributed by atoms with Gasteiger partial charge in [-0.3, -0.25) is 10.1 Å².